The van der Waals surface area contributed by atoms with Gasteiger partial charge in [-0.15, -0.1) is 11.8 Å². The molecule has 3 rings (SSSR count). The van der Waals surface area contributed by atoms with E-state index in [2.05, 4.69) is 10.3 Å². The first-order valence-corrected chi connectivity index (χ1v) is 9.63. The van der Waals surface area contributed by atoms with Crippen LogP contribution in [0.1, 0.15) is 18.3 Å². The Balaban J connectivity index is 1.63. The molecule has 0 fully saturated rings. The van der Waals surface area contributed by atoms with Crippen molar-refractivity contribution in [3.8, 4) is 11.4 Å². The van der Waals surface area contributed by atoms with E-state index in [9.17, 15) is 4.79 Å². The van der Waals surface area contributed by atoms with Gasteiger partial charge in [0.1, 0.15) is 11.6 Å². The number of benzene rings is 2. The van der Waals surface area contributed by atoms with E-state index in [4.69, 9.17) is 4.74 Å². The molecular formula is C21H23N3O2S. The maximum absolute atomic E-state index is 12.5. The minimum Gasteiger partial charge on any atom is -0.497 e. The molecule has 0 aliphatic rings. The molecule has 0 aliphatic carbocycles. The number of nitrogens with one attached hydrogen (secondary N) is 1. The zero-order valence-electron chi connectivity index (χ0n) is 15.7. The third kappa shape index (κ3) is 4.71. The van der Waals surface area contributed by atoms with Gasteiger partial charge in [-0.05, 0) is 49.7 Å². The molecule has 0 saturated heterocycles. The summed E-state index contributed by atoms with van der Waals surface area (Å²) in [7, 11) is 1.64. The number of hydrogen-bond donors (Lipinski definition) is 1. The second-order valence-electron chi connectivity index (χ2n) is 6.13. The van der Waals surface area contributed by atoms with Crippen molar-refractivity contribution in [2.45, 2.75) is 30.5 Å². The Kier molecular flexibility index (Phi) is 6.19. The number of aryl methyl sites for hydroxylation is 1. The Morgan fingerprint density at radius 2 is 1.96 bits per heavy atom. The Morgan fingerprint density at radius 1 is 1.22 bits per heavy atom. The molecule has 0 bridgehead atoms. The van der Waals surface area contributed by atoms with Gasteiger partial charge < -0.3 is 14.6 Å². The average Bonchev–Trinajstić information content (AvgIpc) is 3.12. The first-order chi connectivity index (χ1) is 13.1. The highest BCUT2D eigenvalue weighted by molar-refractivity contribution is 8.00. The fourth-order valence-corrected chi connectivity index (χ4v) is 3.66. The number of nitrogens with zero attached hydrogens (tertiary/aromatic N) is 2. The monoisotopic (exact) mass is 381 g/mol. The van der Waals surface area contributed by atoms with Crippen molar-refractivity contribution in [3.63, 3.8) is 0 Å². The molecular weight excluding hydrogens is 358 g/mol. The summed E-state index contributed by atoms with van der Waals surface area (Å²) < 4.78 is 7.19. The molecule has 0 saturated carbocycles. The smallest absolute Gasteiger partial charge is 0.233 e. The van der Waals surface area contributed by atoms with Gasteiger partial charge in [-0.2, -0.15) is 0 Å². The van der Waals surface area contributed by atoms with E-state index >= 15 is 0 Å². The summed E-state index contributed by atoms with van der Waals surface area (Å²) in [6, 6.07) is 15.7. The molecule has 1 atom stereocenters. The molecule has 0 spiro atoms. The van der Waals surface area contributed by atoms with Crippen LogP contribution in [0.2, 0.25) is 0 Å². The molecule has 27 heavy (non-hydrogen) atoms. The molecule has 5 nitrogen and oxygen atoms in total. The van der Waals surface area contributed by atoms with Crippen LogP contribution >= 0.6 is 11.8 Å². The number of carbonyl (C=O) groups excluding carboxylic acids is 1. The molecule has 0 unspecified atom stereocenters. The predicted octanol–water partition coefficient (Wildman–Crippen LogP) is 3.99. The summed E-state index contributed by atoms with van der Waals surface area (Å²) in [6.45, 7) is 4.35. The van der Waals surface area contributed by atoms with Crippen LogP contribution in [-0.4, -0.2) is 27.8 Å². The summed E-state index contributed by atoms with van der Waals surface area (Å²) in [5, 5.41) is 2.85. The number of amides is 1. The Hall–Kier alpha value is -2.73. The highest BCUT2D eigenvalue weighted by Crippen LogP contribution is 2.25. The normalized spacial score (nSPS) is 11.8. The maximum Gasteiger partial charge on any atom is 0.233 e. The number of carbonyl (C=O) groups is 1. The van der Waals surface area contributed by atoms with Crippen LogP contribution in [0.15, 0.2) is 65.8 Å². The van der Waals surface area contributed by atoms with Crippen LogP contribution in [0.5, 0.6) is 5.75 Å². The molecule has 0 aliphatic heterocycles. The van der Waals surface area contributed by atoms with E-state index in [0.29, 0.717) is 6.54 Å². The van der Waals surface area contributed by atoms with E-state index in [1.54, 1.807) is 13.3 Å². The molecule has 6 heteroatoms. The molecule has 1 aromatic heterocycles. The van der Waals surface area contributed by atoms with Crippen LogP contribution in [0.25, 0.3) is 5.69 Å². The largest absolute Gasteiger partial charge is 0.497 e. The number of para-hydroxylation sites is 1. The third-order valence-corrected chi connectivity index (χ3v) is 5.38. The van der Waals surface area contributed by atoms with Gasteiger partial charge in [-0.1, -0.05) is 18.2 Å². The number of hydrogen-bond acceptors (Lipinski definition) is 4. The Labute approximate surface area is 163 Å². The molecule has 140 valence electrons. The van der Waals surface area contributed by atoms with Crippen LogP contribution in [0.3, 0.4) is 0 Å². The number of rotatable bonds is 7. The predicted molar refractivity (Wildman–Crippen MR) is 108 cm³/mol. The topological polar surface area (TPSA) is 56.1 Å². The van der Waals surface area contributed by atoms with E-state index in [1.807, 2.05) is 73.1 Å². The lowest BCUT2D eigenvalue weighted by atomic mass is 10.1. The van der Waals surface area contributed by atoms with Gasteiger partial charge in [0, 0.05) is 23.8 Å². The highest BCUT2D eigenvalue weighted by Gasteiger charge is 2.15. The maximum atomic E-state index is 12.5. The van der Waals surface area contributed by atoms with Crippen molar-refractivity contribution >= 4 is 17.7 Å². The lowest BCUT2D eigenvalue weighted by Gasteiger charge is -2.15. The van der Waals surface area contributed by atoms with Crippen LogP contribution < -0.4 is 10.1 Å². The first kappa shape index (κ1) is 19.0. The molecule has 1 amide bonds. The molecule has 1 N–H and O–H groups in total. The van der Waals surface area contributed by atoms with Gasteiger partial charge in [0.05, 0.1) is 18.0 Å². The van der Waals surface area contributed by atoms with Gasteiger partial charge in [0.25, 0.3) is 0 Å². The van der Waals surface area contributed by atoms with Gasteiger partial charge in [-0.25, -0.2) is 4.98 Å². The number of aromatic nitrogens is 2. The van der Waals surface area contributed by atoms with Gasteiger partial charge in [0.15, 0.2) is 0 Å². The van der Waals surface area contributed by atoms with Crippen molar-refractivity contribution in [1.82, 2.24) is 14.9 Å². The van der Waals surface area contributed by atoms with E-state index in [0.717, 1.165) is 27.7 Å². The zero-order valence-corrected chi connectivity index (χ0v) is 16.5. The van der Waals surface area contributed by atoms with Gasteiger partial charge >= 0.3 is 0 Å². The number of ether oxygens (including phenoxy) is 1. The molecule has 3 aromatic rings. The van der Waals surface area contributed by atoms with Crippen LogP contribution in [0, 0.1) is 6.92 Å². The average molecular weight is 382 g/mol. The number of methoxy groups -OCH3 is 1. The summed E-state index contributed by atoms with van der Waals surface area (Å²) in [4.78, 5) is 17.8. The Bertz CT molecular complexity index is 906. The molecule has 1 heterocycles. The van der Waals surface area contributed by atoms with Crippen LogP contribution in [0.4, 0.5) is 0 Å². The minimum absolute atomic E-state index is 0.00738. The van der Waals surface area contributed by atoms with E-state index in [1.165, 1.54) is 11.8 Å². The van der Waals surface area contributed by atoms with E-state index < -0.39 is 0 Å². The second kappa shape index (κ2) is 8.77. The number of thioether (sulfide) groups is 1. The van der Waals surface area contributed by atoms with Gasteiger partial charge in [0.2, 0.25) is 5.91 Å². The van der Waals surface area contributed by atoms with Crippen molar-refractivity contribution in [2.75, 3.05) is 7.11 Å². The van der Waals surface area contributed by atoms with Crippen molar-refractivity contribution in [2.24, 2.45) is 0 Å². The summed E-state index contributed by atoms with van der Waals surface area (Å²) in [5.74, 6) is 1.73. The molecule has 0 radical (unpaired) electrons. The number of imidazole rings is 1. The standard InChI is InChI=1S/C21H23N3O2S/c1-15(27-19-10-8-18(26-3)9-11-19)21(25)23-14-17-6-4-5-7-20(17)24-13-12-22-16(24)2/h4-13,15H,14H2,1-3H3,(H,23,25)/t15-/m0/s1. The van der Waals surface area contributed by atoms with Gasteiger partial charge in [-0.3, -0.25) is 4.79 Å². The summed E-state index contributed by atoms with van der Waals surface area (Å²) in [5.41, 5.74) is 2.08. The Morgan fingerprint density at radius 3 is 2.63 bits per heavy atom. The lowest BCUT2D eigenvalue weighted by molar-refractivity contribution is -0.120. The third-order valence-electron chi connectivity index (χ3n) is 4.27. The zero-order chi connectivity index (χ0) is 19.2. The van der Waals surface area contributed by atoms with Crippen molar-refractivity contribution < 1.29 is 9.53 Å². The summed E-state index contributed by atoms with van der Waals surface area (Å²) in [6.07, 6.45) is 3.70. The fraction of sp³-hybridized carbons (Fsp3) is 0.238. The van der Waals surface area contributed by atoms with Crippen LogP contribution in [-0.2, 0) is 11.3 Å². The minimum atomic E-state index is -0.194. The quantitative estimate of drug-likeness (QED) is 0.629. The second-order valence-corrected chi connectivity index (χ2v) is 7.54. The molecule has 2 aromatic carbocycles. The fourth-order valence-electron chi connectivity index (χ4n) is 2.77. The summed E-state index contributed by atoms with van der Waals surface area (Å²) >= 11 is 1.53. The van der Waals surface area contributed by atoms with E-state index in [-0.39, 0.29) is 11.2 Å². The SMILES string of the molecule is COc1ccc(S[C@@H](C)C(=O)NCc2ccccc2-n2ccnc2C)cc1. The first-order valence-electron chi connectivity index (χ1n) is 8.75. The lowest BCUT2D eigenvalue weighted by Crippen LogP contribution is -2.30. The highest BCUT2D eigenvalue weighted by atomic mass is 32.2. The van der Waals surface area contributed by atoms with Crippen molar-refractivity contribution in [1.29, 1.82) is 0 Å². The van der Waals surface area contributed by atoms with Crippen molar-refractivity contribution in [3.05, 3.63) is 72.3 Å².